The summed E-state index contributed by atoms with van der Waals surface area (Å²) < 4.78 is 42.7. The molecule has 0 saturated carbocycles. The van der Waals surface area contributed by atoms with Crippen LogP contribution in [0.25, 0.3) is 0 Å². The van der Waals surface area contributed by atoms with Crippen LogP contribution in [0.1, 0.15) is 28.4 Å². The van der Waals surface area contributed by atoms with Crippen molar-refractivity contribution in [1.82, 2.24) is 0 Å². The molecule has 9 heteroatoms. The Kier molecular flexibility index (Phi) is 6.02. The second-order valence-corrected chi connectivity index (χ2v) is 6.29. The monoisotopic (exact) mass is 388 g/mol. The fourth-order valence-electron chi connectivity index (χ4n) is 2.00. The van der Waals surface area contributed by atoms with Crippen molar-refractivity contribution < 1.29 is 22.7 Å². The Morgan fingerprint density at radius 1 is 1.24 bits per heavy atom. The van der Waals surface area contributed by atoms with Crippen LogP contribution in [0.4, 0.5) is 23.9 Å². The zero-order chi connectivity index (χ0) is 18.6. The van der Waals surface area contributed by atoms with Crippen LogP contribution >= 0.6 is 23.6 Å². The summed E-state index contributed by atoms with van der Waals surface area (Å²) in [6, 6.07) is 4.49. The molecule has 2 rings (SSSR count). The summed E-state index contributed by atoms with van der Waals surface area (Å²) in [7, 11) is 0. The minimum Gasteiger partial charge on any atom is -0.462 e. The SMILES string of the molecule is CCOC(=O)c1c(C)csc1NC(=S)Nc1ccc(C(F)(F)F)cc1. The number of carbonyl (C=O) groups excluding carboxylic acids is 1. The Bertz CT molecular complexity index is 771. The normalized spacial score (nSPS) is 11.1. The highest BCUT2D eigenvalue weighted by atomic mass is 32.1. The van der Waals surface area contributed by atoms with Gasteiger partial charge in [0.25, 0.3) is 0 Å². The van der Waals surface area contributed by atoms with Gasteiger partial charge >= 0.3 is 12.1 Å². The fourth-order valence-corrected chi connectivity index (χ4v) is 3.22. The molecule has 0 unspecified atom stereocenters. The standard InChI is InChI=1S/C16H15F3N2O2S2/c1-3-23-14(22)12-9(2)8-25-13(12)21-15(24)20-11-6-4-10(5-7-11)16(17,18)19/h4-8H,3H2,1-2H3,(H2,20,21,24). The van der Waals surface area contributed by atoms with E-state index in [0.29, 0.717) is 16.3 Å². The minimum atomic E-state index is -4.39. The van der Waals surface area contributed by atoms with E-state index in [0.717, 1.165) is 17.7 Å². The number of nitrogens with one attached hydrogen (secondary N) is 2. The van der Waals surface area contributed by atoms with E-state index < -0.39 is 17.7 Å². The molecule has 134 valence electrons. The maximum atomic E-state index is 12.6. The van der Waals surface area contributed by atoms with Crippen LogP contribution in [0, 0.1) is 6.92 Å². The maximum Gasteiger partial charge on any atom is 0.416 e. The lowest BCUT2D eigenvalue weighted by Gasteiger charge is -2.12. The first-order valence-corrected chi connectivity index (χ1v) is 8.51. The molecule has 4 nitrogen and oxygen atoms in total. The number of aryl methyl sites for hydroxylation is 1. The molecule has 2 aromatic rings. The average molecular weight is 388 g/mol. The summed E-state index contributed by atoms with van der Waals surface area (Å²) >= 11 is 6.44. The van der Waals surface area contributed by atoms with Crippen molar-refractivity contribution in [2.24, 2.45) is 0 Å². The molecule has 0 radical (unpaired) electrons. The van der Waals surface area contributed by atoms with E-state index in [1.807, 2.05) is 0 Å². The van der Waals surface area contributed by atoms with Gasteiger partial charge in [-0.25, -0.2) is 4.79 Å². The third-order valence-electron chi connectivity index (χ3n) is 3.15. The lowest BCUT2D eigenvalue weighted by atomic mass is 10.2. The number of carbonyl (C=O) groups is 1. The zero-order valence-corrected chi connectivity index (χ0v) is 15.0. The Hall–Kier alpha value is -2.13. The summed E-state index contributed by atoms with van der Waals surface area (Å²) in [6.07, 6.45) is -4.39. The molecule has 0 aliphatic rings. The van der Waals surface area contributed by atoms with Gasteiger partial charge in [0.15, 0.2) is 5.11 Å². The molecule has 1 aromatic carbocycles. The molecule has 0 fully saturated rings. The van der Waals surface area contributed by atoms with Crippen molar-refractivity contribution in [1.29, 1.82) is 0 Å². The first kappa shape index (κ1) is 19.2. The predicted molar refractivity (Wildman–Crippen MR) is 96.3 cm³/mol. The van der Waals surface area contributed by atoms with Gasteiger partial charge in [-0.3, -0.25) is 0 Å². The molecule has 0 aliphatic heterocycles. The molecule has 25 heavy (non-hydrogen) atoms. The summed E-state index contributed by atoms with van der Waals surface area (Å²) in [4.78, 5) is 12.0. The number of alkyl halides is 3. The van der Waals surface area contributed by atoms with Crippen molar-refractivity contribution in [2.45, 2.75) is 20.0 Å². The van der Waals surface area contributed by atoms with Gasteiger partial charge in [0.2, 0.25) is 0 Å². The number of thiocarbonyl (C=S) groups is 1. The fraction of sp³-hybridized carbons (Fsp3) is 0.250. The quantitative estimate of drug-likeness (QED) is 0.566. The molecule has 2 N–H and O–H groups in total. The molecule has 0 aliphatic carbocycles. The van der Waals surface area contributed by atoms with Crippen LogP contribution in [0.5, 0.6) is 0 Å². The molecule has 1 aromatic heterocycles. The Labute approximate surface area is 152 Å². The lowest BCUT2D eigenvalue weighted by Crippen LogP contribution is -2.20. The number of halogens is 3. The number of ether oxygens (including phenoxy) is 1. The number of rotatable bonds is 4. The van der Waals surface area contributed by atoms with Gasteiger partial charge in [0, 0.05) is 5.69 Å². The number of benzene rings is 1. The van der Waals surface area contributed by atoms with Gasteiger partial charge in [-0.05, 0) is 61.3 Å². The minimum absolute atomic E-state index is 0.159. The van der Waals surface area contributed by atoms with E-state index in [2.05, 4.69) is 10.6 Å². The maximum absolute atomic E-state index is 12.6. The smallest absolute Gasteiger partial charge is 0.416 e. The van der Waals surface area contributed by atoms with Gasteiger partial charge < -0.3 is 15.4 Å². The van der Waals surface area contributed by atoms with Gasteiger partial charge in [-0.15, -0.1) is 11.3 Å². The first-order valence-electron chi connectivity index (χ1n) is 7.22. The van der Waals surface area contributed by atoms with E-state index in [9.17, 15) is 18.0 Å². The van der Waals surface area contributed by atoms with Crippen LogP contribution in [-0.4, -0.2) is 17.7 Å². The van der Waals surface area contributed by atoms with Gasteiger partial charge in [-0.2, -0.15) is 13.2 Å². The van der Waals surface area contributed by atoms with Gasteiger partial charge in [-0.1, -0.05) is 0 Å². The summed E-state index contributed by atoms with van der Waals surface area (Å²) in [5.41, 5.74) is 0.804. The number of anilines is 2. The van der Waals surface area contributed by atoms with E-state index in [1.165, 1.54) is 23.5 Å². The molecule has 0 amide bonds. The molecular formula is C16H15F3N2O2S2. The number of thiophene rings is 1. The zero-order valence-electron chi connectivity index (χ0n) is 13.4. The van der Waals surface area contributed by atoms with Crippen LogP contribution in [-0.2, 0) is 10.9 Å². The first-order chi connectivity index (χ1) is 11.7. The summed E-state index contributed by atoms with van der Waals surface area (Å²) in [5.74, 6) is -0.457. The van der Waals surface area contributed by atoms with Crippen molar-refractivity contribution >= 4 is 45.3 Å². The van der Waals surface area contributed by atoms with Crippen molar-refractivity contribution in [3.8, 4) is 0 Å². The Morgan fingerprint density at radius 3 is 2.44 bits per heavy atom. The summed E-state index contributed by atoms with van der Waals surface area (Å²) in [5, 5.41) is 8.12. The highest BCUT2D eigenvalue weighted by Gasteiger charge is 2.30. The Balaban J connectivity index is 2.07. The number of hydrogen-bond acceptors (Lipinski definition) is 4. The van der Waals surface area contributed by atoms with Gasteiger partial charge in [0.05, 0.1) is 17.7 Å². The van der Waals surface area contributed by atoms with E-state index in [4.69, 9.17) is 17.0 Å². The molecular weight excluding hydrogens is 373 g/mol. The Morgan fingerprint density at radius 2 is 1.88 bits per heavy atom. The largest absolute Gasteiger partial charge is 0.462 e. The predicted octanol–water partition coefficient (Wildman–Crippen LogP) is 5.06. The molecule has 0 spiro atoms. The lowest BCUT2D eigenvalue weighted by molar-refractivity contribution is -0.137. The molecule has 0 atom stereocenters. The van der Waals surface area contributed by atoms with Crippen molar-refractivity contribution in [3.05, 3.63) is 46.3 Å². The molecule has 0 bridgehead atoms. The summed E-state index contributed by atoms with van der Waals surface area (Å²) in [6.45, 7) is 3.74. The van der Waals surface area contributed by atoms with Crippen LogP contribution < -0.4 is 10.6 Å². The van der Waals surface area contributed by atoms with Crippen molar-refractivity contribution in [2.75, 3.05) is 17.2 Å². The highest BCUT2D eigenvalue weighted by molar-refractivity contribution is 7.80. The van der Waals surface area contributed by atoms with Gasteiger partial charge in [0.1, 0.15) is 5.00 Å². The van der Waals surface area contributed by atoms with Crippen LogP contribution in [0.2, 0.25) is 0 Å². The molecule has 0 saturated heterocycles. The number of esters is 1. The topological polar surface area (TPSA) is 50.4 Å². The van der Waals surface area contributed by atoms with Crippen LogP contribution in [0.3, 0.4) is 0 Å². The van der Waals surface area contributed by atoms with E-state index in [1.54, 1.807) is 19.2 Å². The molecule has 1 heterocycles. The van der Waals surface area contributed by atoms with Crippen LogP contribution in [0.15, 0.2) is 29.6 Å². The second-order valence-electron chi connectivity index (χ2n) is 5.00. The number of hydrogen-bond donors (Lipinski definition) is 2. The van der Waals surface area contributed by atoms with E-state index in [-0.39, 0.29) is 11.7 Å². The van der Waals surface area contributed by atoms with E-state index >= 15 is 0 Å². The third-order valence-corrected chi connectivity index (χ3v) is 4.37. The average Bonchev–Trinajstić information content (AvgIpc) is 2.87. The third kappa shape index (κ3) is 4.93. The highest BCUT2D eigenvalue weighted by Crippen LogP contribution is 2.30. The second kappa shape index (κ2) is 7.83. The van der Waals surface area contributed by atoms with Crippen molar-refractivity contribution in [3.63, 3.8) is 0 Å².